The molecule has 0 aliphatic heterocycles. The molecule has 0 bridgehead atoms. The third-order valence-corrected chi connectivity index (χ3v) is 4.10. The van der Waals surface area contributed by atoms with Crippen molar-refractivity contribution in [3.05, 3.63) is 47.1 Å². The van der Waals surface area contributed by atoms with Gasteiger partial charge in [-0.25, -0.2) is 17.6 Å². The SMILES string of the molecule is CC1(C)[C@H](/C=C\C#N)[C@H]1C(=O)OCc1c(F)c(F)cc(F)c1F. The fraction of sp³-hybridized carbons (Fsp3) is 0.375. The Kier molecular flexibility index (Phi) is 4.46. The van der Waals surface area contributed by atoms with E-state index in [1.54, 1.807) is 26.0 Å². The van der Waals surface area contributed by atoms with E-state index in [-0.39, 0.29) is 12.0 Å². The largest absolute Gasteiger partial charge is 0.460 e. The van der Waals surface area contributed by atoms with Crippen LogP contribution in [0.2, 0.25) is 0 Å². The van der Waals surface area contributed by atoms with Gasteiger partial charge in [0.2, 0.25) is 0 Å². The monoisotopic (exact) mass is 327 g/mol. The Balaban J connectivity index is 2.10. The molecule has 0 aromatic heterocycles. The minimum Gasteiger partial charge on any atom is -0.460 e. The number of esters is 1. The number of ether oxygens (including phenoxy) is 1. The Morgan fingerprint density at radius 1 is 1.30 bits per heavy atom. The van der Waals surface area contributed by atoms with Gasteiger partial charge in [-0.3, -0.25) is 4.79 Å². The number of rotatable bonds is 4. The summed E-state index contributed by atoms with van der Waals surface area (Å²) in [5.41, 5.74) is -1.44. The zero-order valence-corrected chi connectivity index (χ0v) is 12.4. The lowest BCUT2D eigenvalue weighted by atomic mass is 10.1. The quantitative estimate of drug-likeness (QED) is 0.367. The highest BCUT2D eigenvalue weighted by molar-refractivity contribution is 5.78. The Morgan fingerprint density at radius 2 is 1.87 bits per heavy atom. The number of allylic oxidation sites excluding steroid dienone is 2. The van der Waals surface area contributed by atoms with Crippen LogP contribution in [0, 0.1) is 51.9 Å². The van der Waals surface area contributed by atoms with Crippen molar-refractivity contribution < 1.29 is 27.1 Å². The van der Waals surface area contributed by atoms with Crippen molar-refractivity contribution in [2.75, 3.05) is 0 Å². The minimum absolute atomic E-state index is 0.0860. The molecular weight excluding hydrogens is 314 g/mol. The Labute approximate surface area is 130 Å². The molecule has 1 aromatic carbocycles. The molecule has 1 fully saturated rings. The van der Waals surface area contributed by atoms with Crippen molar-refractivity contribution in [2.24, 2.45) is 17.3 Å². The molecule has 23 heavy (non-hydrogen) atoms. The Morgan fingerprint density at radius 3 is 2.39 bits per heavy atom. The number of nitrogens with zero attached hydrogens (tertiary/aromatic N) is 1. The van der Waals surface area contributed by atoms with Gasteiger partial charge < -0.3 is 4.74 Å². The van der Waals surface area contributed by atoms with Crippen LogP contribution >= 0.6 is 0 Å². The molecule has 7 heteroatoms. The van der Waals surface area contributed by atoms with Gasteiger partial charge in [-0.1, -0.05) is 19.9 Å². The van der Waals surface area contributed by atoms with Gasteiger partial charge in [-0.2, -0.15) is 5.26 Å². The maximum atomic E-state index is 13.5. The summed E-state index contributed by atoms with van der Waals surface area (Å²) in [6, 6.07) is 1.89. The molecule has 1 saturated carbocycles. The molecule has 2 atom stereocenters. The molecule has 3 nitrogen and oxygen atoms in total. The lowest BCUT2D eigenvalue weighted by Crippen LogP contribution is -2.13. The maximum absolute atomic E-state index is 13.5. The van der Waals surface area contributed by atoms with Crippen molar-refractivity contribution in [3.63, 3.8) is 0 Å². The van der Waals surface area contributed by atoms with Crippen LogP contribution in [0.3, 0.4) is 0 Å². The van der Waals surface area contributed by atoms with E-state index in [2.05, 4.69) is 0 Å². The average molecular weight is 327 g/mol. The topological polar surface area (TPSA) is 50.1 Å². The van der Waals surface area contributed by atoms with Gasteiger partial charge in [0.25, 0.3) is 0 Å². The highest BCUT2D eigenvalue weighted by atomic mass is 19.2. The van der Waals surface area contributed by atoms with Gasteiger partial charge in [-0.15, -0.1) is 0 Å². The second-order valence-corrected chi connectivity index (χ2v) is 5.87. The van der Waals surface area contributed by atoms with Crippen molar-refractivity contribution >= 4 is 5.97 Å². The molecule has 1 aliphatic carbocycles. The highest BCUT2D eigenvalue weighted by Gasteiger charge is 2.61. The van der Waals surface area contributed by atoms with Crippen LogP contribution in [0.4, 0.5) is 17.6 Å². The molecule has 0 amide bonds. The fourth-order valence-corrected chi connectivity index (χ4v) is 2.62. The second-order valence-electron chi connectivity index (χ2n) is 5.87. The number of benzene rings is 1. The fourth-order valence-electron chi connectivity index (χ4n) is 2.62. The van der Waals surface area contributed by atoms with Gasteiger partial charge in [0, 0.05) is 12.1 Å². The number of nitriles is 1. The highest BCUT2D eigenvalue weighted by Crippen LogP contribution is 2.59. The zero-order chi connectivity index (χ0) is 17.4. The van der Waals surface area contributed by atoms with Crippen LogP contribution < -0.4 is 0 Å². The second kappa shape index (κ2) is 6.03. The van der Waals surface area contributed by atoms with E-state index in [4.69, 9.17) is 10.00 Å². The summed E-state index contributed by atoms with van der Waals surface area (Å²) in [6.45, 7) is 2.63. The summed E-state index contributed by atoms with van der Waals surface area (Å²) < 4.78 is 57.9. The van der Waals surface area contributed by atoms with E-state index in [9.17, 15) is 22.4 Å². The lowest BCUT2D eigenvalue weighted by molar-refractivity contribution is -0.147. The molecule has 0 spiro atoms. The number of halogens is 4. The first kappa shape index (κ1) is 17.0. The molecule has 1 aliphatic rings. The van der Waals surface area contributed by atoms with Gasteiger partial charge in [-0.05, 0) is 11.3 Å². The molecule has 0 radical (unpaired) electrons. The standard InChI is InChI=1S/C16H13F4NO2/c1-16(2)9(4-3-5-21)12(16)15(22)23-7-8-13(19)10(17)6-11(18)14(8)20/h3-4,6,9,12H,7H2,1-2H3/b4-3-/t9-,12+/m1/s1. The number of carbonyl (C=O) groups is 1. The third kappa shape index (κ3) is 3.07. The summed E-state index contributed by atoms with van der Waals surface area (Å²) >= 11 is 0. The van der Waals surface area contributed by atoms with E-state index in [1.807, 2.05) is 0 Å². The van der Waals surface area contributed by atoms with E-state index in [1.165, 1.54) is 6.08 Å². The van der Waals surface area contributed by atoms with Crippen LogP contribution in [0.1, 0.15) is 19.4 Å². The summed E-state index contributed by atoms with van der Waals surface area (Å²) in [5.74, 6) is -7.87. The van der Waals surface area contributed by atoms with Gasteiger partial charge in [0.15, 0.2) is 23.3 Å². The number of hydrogen-bond donors (Lipinski definition) is 0. The van der Waals surface area contributed by atoms with Crippen molar-refractivity contribution in [1.29, 1.82) is 5.26 Å². The van der Waals surface area contributed by atoms with Crippen molar-refractivity contribution in [1.82, 2.24) is 0 Å². The molecule has 2 rings (SSSR count). The Hall–Kier alpha value is -2.36. The molecule has 0 unspecified atom stereocenters. The van der Waals surface area contributed by atoms with Crippen LogP contribution in [0.25, 0.3) is 0 Å². The Bertz CT molecular complexity index is 696. The van der Waals surface area contributed by atoms with Gasteiger partial charge in [0.1, 0.15) is 6.61 Å². The van der Waals surface area contributed by atoms with Crippen LogP contribution in [0.5, 0.6) is 0 Å². The van der Waals surface area contributed by atoms with Gasteiger partial charge >= 0.3 is 5.97 Å². The van der Waals surface area contributed by atoms with E-state index >= 15 is 0 Å². The molecule has 0 heterocycles. The summed E-state index contributed by atoms with van der Waals surface area (Å²) in [4.78, 5) is 12.0. The normalized spacial score (nSPS) is 22.0. The minimum atomic E-state index is -1.59. The van der Waals surface area contributed by atoms with E-state index in [0.29, 0.717) is 0 Å². The zero-order valence-electron chi connectivity index (χ0n) is 12.4. The summed E-state index contributed by atoms with van der Waals surface area (Å²) in [5, 5.41) is 8.50. The van der Waals surface area contributed by atoms with Crippen molar-refractivity contribution in [3.8, 4) is 6.07 Å². The molecule has 0 saturated heterocycles. The third-order valence-electron chi connectivity index (χ3n) is 4.10. The first-order chi connectivity index (χ1) is 10.7. The van der Waals surface area contributed by atoms with E-state index < -0.39 is 52.7 Å². The van der Waals surface area contributed by atoms with E-state index in [0.717, 1.165) is 0 Å². The van der Waals surface area contributed by atoms with Gasteiger partial charge in [0.05, 0.1) is 17.6 Å². The summed E-state index contributed by atoms with van der Waals surface area (Å²) in [7, 11) is 0. The number of hydrogen-bond acceptors (Lipinski definition) is 3. The van der Waals surface area contributed by atoms with Crippen LogP contribution in [-0.4, -0.2) is 5.97 Å². The first-order valence-electron chi connectivity index (χ1n) is 6.76. The van der Waals surface area contributed by atoms with Crippen LogP contribution in [-0.2, 0) is 16.1 Å². The predicted octanol–water partition coefficient (Wildman–Crippen LogP) is 3.64. The smallest absolute Gasteiger partial charge is 0.310 e. The molecule has 122 valence electrons. The number of carbonyl (C=O) groups excluding carboxylic acids is 1. The first-order valence-corrected chi connectivity index (χ1v) is 6.76. The van der Waals surface area contributed by atoms with Crippen LogP contribution in [0.15, 0.2) is 18.2 Å². The maximum Gasteiger partial charge on any atom is 0.310 e. The average Bonchev–Trinajstić information content (AvgIpc) is 3.04. The molecular formula is C16H13F4NO2. The lowest BCUT2D eigenvalue weighted by Gasteiger charge is -2.09. The molecule has 1 aromatic rings. The summed E-state index contributed by atoms with van der Waals surface area (Å²) in [6.07, 6.45) is 2.79. The molecule has 0 N–H and O–H groups in total. The van der Waals surface area contributed by atoms with Crippen molar-refractivity contribution in [2.45, 2.75) is 20.5 Å². The predicted molar refractivity (Wildman–Crippen MR) is 71.6 cm³/mol.